The number of carbonyl (C=O) groups is 4. The van der Waals surface area contributed by atoms with Crippen LogP contribution in [0.2, 0.25) is 0 Å². The minimum Gasteiger partial charge on any atom is -0.480 e. The number of hydrogen-bond acceptors (Lipinski definition) is 6. The summed E-state index contributed by atoms with van der Waals surface area (Å²) in [6.07, 6.45) is 5.22. The molecule has 0 saturated carbocycles. The molecule has 1 fully saturated rings. The second-order valence-corrected chi connectivity index (χ2v) is 9.24. The summed E-state index contributed by atoms with van der Waals surface area (Å²) in [5.74, 6) is -1.87. The third kappa shape index (κ3) is 6.09. The first-order valence-corrected chi connectivity index (χ1v) is 12.6. The highest BCUT2D eigenvalue weighted by Crippen LogP contribution is 2.23. The molecule has 1 saturated heterocycles. The average molecular weight is 490 g/mol. The largest absolute Gasteiger partial charge is 0.480 e. The SMILES string of the molecule is CSCCC(NC(=O)C1CCCN1C(=O)C(Cc1c[nH]c2ccccc12)NC(=O)CN)C(=O)O. The Morgan fingerprint density at radius 2 is 2.00 bits per heavy atom. The van der Waals surface area contributed by atoms with Gasteiger partial charge in [0.15, 0.2) is 0 Å². The number of rotatable bonds is 11. The monoisotopic (exact) mass is 489 g/mol. The molecule has 2 aromatic rings. The Labute approximate surface area is 202 Å². The topological polar surface area (TPSA) is 158 Å². The van der Waals surface area contributed by atoms with Gasteiger partial charge in [-0.25, -0.2) is 4.79 Å². The number of likely N-dealkylation sites (tertiary alicyclic amines) is 1. The van der Waals surface area contributed by atoms with E-state index in [1.54, 1.807) is 6.20 Å². The summed E-state index contributed by atoms with van der Waals surface area (Å²) in [4.78, 5) is 54.7. The van der Waals surface area contributed by atoms with Crippen LogP contribution in [0, 0.1) is 0 Å². The lowest BCUT2D eigenvalue weighted by atomic mass is 10.0. The zero-order valence-corrected chi connectivity index (χ0v) is 19.9. The molecule has 3 amide bonds. The number of fused-ring (bicyclic) bond motifs is 1. The third-order valence-electron chi connectivity index (χ3n) is 5.98. The number of hydrogen-bond donors (Lipinski definition) is 5. The van der Waals surface area contributed by atoms with Gasteiger partial charge in [-0.05, 0) is 42.9 Å². The molecule has 0 spiro atoms. The Morgan fingerprint density at radius 1 is 1.24 bits per heavy atom. The van der Waals surface area contributed by atoms with Crippen LogP contribution < -0.4 is 16.4 Å². The maximum absolute atomic E-state index is 13.5. The minimum atomic E-state index is -1.11. The van der Waals surface area contributed by atoms with Crippen molar-refractivity contribution in [3.63, 3.8) is 0 Å². The molecule has 1 aromatic carbocycles. The highest BCUT2D eigenvalue weighted by atomic mass is 32.2. The summed E-state index contributed by atoms with van der Waals surface area (Å²) in [5.41, 5.74) is 7.24. The molecule has 11 heteroatoms. The molecule has 1 aliphatic heterocycles. The molecule has 1 aromatic heterocycles. The molecule has 184 valence electrons. The molecular weight excluding hydrogens is 458 g/mol. The van der Waals surface area contributed by atoms with E-state index in [4.69, 9.17) is 5.73 Å². The van der Waals surface area contributed by atoms with Gasteiger partial charge in [0.05, 0.1) is 6.54 Å². The standard InChI is InChI=1S/C23H31N5O5S/c1-34-10-8-17(23(32)33)27-21(30)19-7-4-9-28(19)22(31)18(26-20(29)12-24)11-14-13-25-16-6-3-2-5-15(14)16/h2-3,5-6,13,17-19,25H,4,7-12,24H2,1H3,(H,26,29)(H,27,30)(H,32,33). The van der Waals surface area contributed by atoms with Crippen molar-refractivity contribution in [1.82, 2.24) is 20.5 Å². The van der Waals surface area contributed by atoms with Gasteiger partial charge >= 0.3 is 5.97 Å². The Balaban J connectivity index is 1.78. The molecule has 1 aliphatic rings. The van der Waals surface area contributed by atoms with Crippen LogP contribution in [-0.2, 0) is 25.6 Å². The average Bonchev–Trinajstić information content (AvgIpc) is 3.48. The first kappa shape index (κ1) is 25.6. The maximum Gasteiger partial charge on any atom is 0.326 e. The van der Waals surface area contributed by atoms with E-state index in [1.807, 2.05) is 30.5 Å². The van der Waals surface area contributed by atoms with Crippen molar-refractivity contribution < 1.29 is 24.3 Å². The van der Waals surface area contributed by atoms with Crippen molar-refractivity contribution in [2.24, 2.45) is 5.73 Å². The van der Waals surface area contributed by atoms with Gasteiger partial charge in [0, 0.05) is 30.1 Å². The van der Waals surface area contributed by atoms with Crippen LogP contribution in [-0.4, -0.2) is 81.9 Å². The fourth-order valence-electron chi connectivity index (χ4n) is 4.24. The molecule has 6 N–H and O–H groups in total. The number of carboxylic acids is 1. The van der Waals surface area contributed by atoms with E-state index < -0.39 is 35.9 Å². The van der Waals surface area contributed by atoms with Gasteiger partial charge in [-0.1, -0.05) is 18.2 Å². The number of amides is 3. The Hall–Kier alpha value is -3.05. The molecular formula is C23H31N5O5S. The number of H-pyrrole nitrogens is 1. The molecule has 0 radical (unpaired) electrons. The van der Waals surface area contributed by atoms with Crippen LogP contribution in [0.3, 0.4) is 0 Å². The van der Waals surface area contributed by atoms with Crippen molar-refractivity contribution in [2.45, 2.75) is 43.8 Å². The number of aliphatic carboxylic acids is 1. The van der Waals surface area contributed by atoms with Gasteiger partial charge in [0.25, 0.3) is 0 Å². The van der Waals surface area contributed by atoms with E-state index in [1.165, 1.54) is 16.7 Å². The lowest BCUT2D eigenvalue weighted by Gasteiger charge is -2.29. The fourth-order valence-corrected chi connectivity index (χ4v) is 4.71. The van der Waals surface area contributed by atoms with Gasteiger partial charge in [0.2, 0.25) is 17.7 Å². The highest BCUT2D eigenvalue weighted by molar-refractivity contribution is 7.98. The van der Waals surface area contributed by atoms with E-state index >= 15 is 0 Å². The number of nitrogens with two attached hydrogens (primary N) is 1. The van der Waals surface area contributed by atoms with Crippen LogP contribution in [0.1, 0.15) is 24.8 Å². The van der Waals surface area contributed by atoms with E-state index in [0.717, 1.165) is 16.5 Å². The van der Waals surface area contributed by atoms with Gasteiger partial charge in [-0.2, -0.15) is 11.8 Å². The van der Waals surface area contributed by atoms with Gasteiger partial charge in [-0.3, -0.25) is 14.4 Å². The quantitative estimate of drug-likeness (QED) is 0.307. The summed E-state index contributed by atoms with van der Waals surface area (Å²) in [6, 6.07) is 4.94. The lowest BCUT2D eigenvalue weighted by molar-refractivity contribution is -0.144. The van der Waals surface area contributed by atoms with Gasteiger partial charge in [0.1, 0.15) is 18.1 Å². The summed E-state index contributed by atoms with van der Waals surface area (Å²) in [5, 5.41) is 15.7. The smallest absolute Gasteiger partial charge is 0.326 e. The molecule has 10 nitrogen and oxygen atoms in total. The normalized spacial score (nSPS) is 17.4. The van der Waals surface area contributed by atoms with Crippen molar-refractivity contribution in [1.29, 1.82) is 0 Å². The second-order valence-electron chi connectivity index (χ2n) is 8.26. The zero-order chi connectivity index (χ0) is 24.7. The number of carboxylic acid groups (broad SMARTS) is 1. The molecule has 34 heavy (non-hydrogen) atoms. The van der Waals surface area contributed by atoms with Gasteiger partial charge in [-0.15, -0.1) is 0 Å². The molecule has 3 unspecified atom stereocenters. The number of carbonyl (C=O) groups excluding carboxylic acids is 3. The minimum absolute atomic E-state index is 0.227. The molecule has 0 bridgehead atoms. The van der Waals surface area contributed by atoms with E-state index in [-0.39, 0.29) is 18.9 Å². The summed E-state index contributed by atoms with van der Waals surface area (Å²) in [6.45, 7) is 0.0830. The number of nitrogens with one attached hydrogen (secondary N) is 3. The second kappa shape index (κ2) is 11.9. The first-order chi connectivity index (χ1) is 16.3. The van der Waals surface area contributed by atoms with Crippen LogP contribution in [0.5, 0.6) is 0 Å². The predicted octanol–water partition coefficient (Wildman–Crippen LogP) is 0.467. The first-order valence-electron chi connectivity index (χ1n) is 11.2. The lowest BCUT2D eigenvalue weighted by Crippen LogP contribution is -2.56. The van der Waals surface area contributed by atoms with E-state index in [0.29, 0.717) is 31.6 Å². The highest BCUT2D eigenvalue weighted by Gasteiger charge is 2.39. The number of nitrogens with zero attached hydrogens (tertiary/aromatic N) is 1. The Kier molecular flexibility index (Phi) is 8.94. The van der Waals surface area contributed by atoms with Crippen molar-refractivity contribution >= 4 is 46.4 Å². The van der Waals surface area contributed by atoms with Crippen LogP contribution in [0.25, 0.3) is 10.9 Å². The maximum atomic E-state index is 13.5. The van der Waals surface area contributed by atoms with Crippen molar-refractivity contribution in [3.05, 3.63) is 36.0 Å². The number of aromatic amines is 1. The fraction of sp³-hybridized carbons (Fsp3) is 0.478. The predicted molar refractivity (Wildman–Crippen MR) is 130 cm³/mol. The molecule has 3 atom stereocenters. The van der Waals surface area contributed by atoms with Crippen LogP contribution >= 0.6 is 11.8 Å². The van der Waals surface area contributed by atoms with Crippen LogP contribution in [0.15, 0.2) is 30.5 Å². The number of aromatic nitrogens is 1. The zero-order valence-electron chi connectivity index (χ0n) is 19.1. The summed E-state index contributed by atoms with van der Waals surface area (Å²) < 4.78 is 0. The summed E-state index contributed by atoms with van der Waals surface area (Å²) in [7, 11) is 0. The molecule has 2 heterocycles. The number of benzene rings is 1. The van der Waals surface area contributed by atoms with E-state index in [2.05, 4.69) is 15.6 Å². The van der Waals surface area contributed by atoms with Crippen molar-refractivity contribution in [2.75, 3.05) is 25.1 Å². The number of thioether (sulfide) groups is 1. The summed E-state index contributed by atoms with van der Waals surface area (Å²) >= 11 is 1.49. The molecule has 0 aliphatic carbocycles. The Bertz CT molecular complexity index is 1040. The van der Waals surface area contributed by atoms with Gasteiger partial charge < -0.3 is 31.4 Å². The van der Waals surface area contributed by atoms with E-state index in [9.17, 15) is 24.3 Å². The molecule has 3 rings (SSSR count). The Morgan fingerprint density at radius 3 is 2.71 bits per heavy atom. The van der Waals surface area contributed by atoms with Crippen molar-refractivity contribution in [3.8, 4) is 0 Å². The van der Waals surface area contributed by atoms with Crippen LogP contribution in [0.4, 0.5) is 0 Å². The number of para-hydroxylation sites is 1. The third-order valence-corrected chi connectivity index (χ3v) is 6.63.